The van der Waals surface area contributed by atoms with Crippen molar-refractivity contribution in [2.75, 3.05) is 13.1 Å². The number of hydrogen-bond donors (Lipinski definition) is 1. The second kappa shape index (κ2) is 5.32. The van der Waals surface area contributed by atoms with Gasteiger partial charge in [-0.1, -0.05) is 36.2 Å². The van der Waals surface area contributed by atoms with E-state index in [9.17, 15) is 9.90 Å². The van der Waals surface area contributed by atoms with Gasteiger partial charge in [0.15, 0.2) is 0 Å². The summed E-state index contributed by atoms with van der Waals surface area (Å²) in [4.78, 5) is 13.5. The molecular weight excluding hydrogens is 214 g/mol. The number of carboxylic acid groups (broad SMARTS) is 1. The number of likely N-dealkylation sites (tertiary alicyclic amines) is 1. The van der Waals surface area contributed by atoms with Gasteiger partial charge in [-0.15, -0.1) is 0 Å². The van der Waals surface area contributed by atoms with E-state index >= 15 is 0 Å². The average molecular weight is 233 g/mol. The molecule has 1 unspecified atom stereocenters. The molecule has 1 heterocycles. The first-order chi connectivity index (χ1) is 8.18. The molecule has 1 saturated heterocycles. The fourth-order valence-electron chi connectivity index (χ4n) is 2.43. The first-order valence-corrected chi connectivity index (χ1v) is 6.22. The third-order valence-electron chi connectivity index (χ3n) is 3.38. The predicted molar refractivity (Wildman–Crippen MR) is 67.0 cm³/mol. The summed E-state index contributed by atoms with van der Waals surface area (Å²) in [7, 11) is 0. The number of aliphatic carboxylic acids is 1. The van der Waals surface area contributed by atoms with E-state index in [0.29, 0.717) is 0 Å². The van der Waals surface area contributed by atoms with E-state index in [4.69, 9.17) is 0 Å². The lowest BCUT2D eigenvalue weighted by Gasteiger charge is -2.32. The van der Waals surface area contributed by atoms with Gasteiger partial charge in [-0.25, -0.2) is 0 Å². The molecule has 0 spiro atoms. The van der Waals surface area contributed by atoms with Gasteiger partial charge in [0.25, 0.3) is 0 Å². The van der Waals surface area contributed by atoms with Crippen molar-refractivity contribution in [3.63, 3.8) is 0 Å². The topological polar surface area (TPSA) is 40.5 Å². The fourth-order valence-corrected chi connectivity index (χ4v) is 2.43. The van der Waals surface area contributed by atoms with Crippen molar-refractivity contribution in [1.29, 1.82) is 0 Å². The van der Waals surface area contributed by atoms with E-state index < -0.39 is 12.0 Å². The minimum atomic E-state index is -0.740. The van der Waals surface area contributed by atoms with Crippen LogP contribution in [0, 0.1) is 6.92 Å². The maximum Gasteiger partial charge on any atom is 0.325 e. The predicted octanol–water partition coefficient (Wildman–Crippen LogP) is 2.61. The van der Waals surface area contributed by atoms with E-state index in [-0.39, 0.29) is 0 Å². The van der Waals surface area contributed by atoms with E-state index in [1.165, 1.54) is 6.42 Å². The number of benzene rings is 1. The van der Waals surface area contributed by atoms with Crippen molar-refractivity contribution < 1.29 is 9.90 Å². The molecule has 0 saturated carbocycles. The summed E-state index contributed by atoms with van der Waals surface area (Å²) in [6.07, 6.45) is 3.43. The number of carbonyl (C=O) groups is 1. The molecule has 1 aliphatic rings. The molecule has 2 rings (SSSR count). The Hall–Kier alpha value is -1.35. The van der Waals surface area contributed by atoms with Crippen molar-refractivity contribution in [2.45, 2.75) is 32.2 Å². The maximum absolute atomic E-state index is 11.4. The Morgan fingerprint density at radius 3 is 2.29 bits per heavy atom. The molecule has 1 atom stereocenters. The van der Waals surface area contributed by atoms with Crippen LogP contribution in [0.2, 0.25) is 0 Å². The molecule has 0 bridgehead atoms. The lowest BCUT2D eigenvalue weighted by atomic mass is 10.0. The molecule has 0 amide bonds. The Balaban J connectivity index is 2.21. The number of aryl methyl sites for hydroxylation is 1. The second-order valence-electron chi connectivity index (χ2n) is 4.75. The zero-order chi connectivity index (χ0) is 12.3. The molecule has 3 nitrogen and oxygen atoms in total. The molecule has 1 aromatic carbocycles. The molecule has 92 valence electrons. The van der Waals surface area contributed by atoms with E-state index in [2.05, 4.69) is 4.90 Å². The summed E-state index contributed by atoms with van der Waals surface area (Å²) in [5.41, 5.74) is 2.06. The molecule has 1 aromatic rings. The van der Waals surface area contributed by atoms with Crippen molar-refractivity contribution in [3.8, 4) is 0 Å². The first-order valence-electron chi connectivity index (χ1n) is 6.22. The molecule has 0 aromatic heterocycles. The van der Waals surface area contributed by atoms with Crippen LogP contribution in [0.25, 0.3) is 0 Å². The minimum absolute atomic E-state index is 0.476. The monoisotopic (exact) mass is 233 g/mol. The second-order valence-corrected chi connectivity index (χ2v) is 4.75. The summed E-state index contributed by atoms with van der Waals surface area (Å²) in [5.74, 6) is -0.740. The standard InChI is InChI=1S/C14H19NO2/c1-11-5-7-12(8-6-11)13(14(16)17)15-9-3-2-4-10-15/h5-8,13H,2-4,9-10H2,1H3,(H,16,17). The Morgan fingerprint density at radius 1 is 1.18 bits per heavy atom. The molecule has 17 heavy (non-hydrogen) atoms. The zero-order valence-corrected chi connectivity index (χ0v) is 10.2. The summed E-state index contributed by atoms with van der Waals surface area (Å²) < 4.78 is 0. The SMILES string of the molecule is Cc1ccc(C(C(=O)O)N2CCCCC2)cc1. The lowest BCUT2D eigenvalue weighted by molar-refractivity contribution is -0.144. The quantitative estimate of drug-likeness (QED) is 0.872. The van der Waals surface area contributed by atoms with Crippen LogP contribution in [0.5, 0.6) is 0 Å². The van der Waals surface area contributed by atoms with Gasteiger partial charge in [0.2, 0.25) is 0 Å². The van der Waals surface area contributed by atoms with Crippen LogP contribution in [-0.4, -0.2) is 29.1 Å². The molecule has 1 aliphatic heterocycles. The van der Waals surface area contributed by atoms with E-state index in [1.807, 2.05) is 31.2 Å². The summed E-state index contributed by atoms with van der Waals surface area (Å²) in [6.45, 7) is 3.80. The molecule has 0 aliphatic carbocycles. The Bertz CT molecular complexity index is 380. The van der Waals surface area contributed by atoms with E-state index in [0.717, 1.165) is 37.1 Å². The van der Waals surface area contributed by atoms with Crippen LogP contribution in [0.4, 0.5) is 0 Å². The largest absolute Gasteiger partial charge is 0.480 e. The van der Waals surface area contributed by atoms with Crippen LogP contribution in [-0.2, 0) is 4.79 Å². The van der Waals surface area contributed by atoms with Gasteiger partial charge in [-0.3, -0.25) is 9.69 Å². The third kappa shape index (κ3) is 2.86. The lowest BCUT2D eigenvalue weighted by Crippen LogP contribution is -2.37. The Kier molecular flexibility index (Phi) is 3.79. The van der Waals surface area contributed by atoms with Crippen molar-refractivity contribution >= 4 is 5.97 Å². The highest BCUT2D eigenvalue weighted by Crippen LogP contribution is 2.25. The minimum Gasteiger partial charge on any atom is -0.480 e. The van der Waals surface area contributed by atoms with Crippen molar-refractivity contribution in [2.24, 2.45) is 0 Å². The van der Waals surface area contributed by atoms with Crippen molar-refractivity contribution in [1.82, 2.24) is 4.90 Å². The highest BCUT2D eigenvalue weighted by molar-refractivity contribution is 5.75. The summed E-state index contributed by atoms with van der Waals surface area (Å²) in [6, 6.07) is 7.35. The maximum atomic E-state index is 11.4. The average Bonchev–Trinajstić information content (AvgIpc) is 2.33. The van der Waals surface area contributed by atoms with Gasteiger partial charge in [0.1, 0.15) is 6.04 Å². The molecule has 0 radical (unpaired) electrons. The fraction of sp³-hybridized carbons (Fsp3) is 0.500. The number of nitrogens with zero attached hydrogens (tertiary/aromatic N) is 1. The summed E-state index contributed by atoms with van der Waals surface area (Å²) >= 11 is 0. The molecule has 3 heteroatoms. The zero-order valence-electron chi connectivity index (χ0n) is 10.2. The van der Waals surface area contributed by atoms with Gasteiger partial charge in [0.05, 0.1) is 0 Å². The summed E-state index contributed by atoms with van der Waals surface area (Å²) in [5, 5.41) is 9.41. The van der Waals surface area contributed by atoms with Gasteiger partial charge >= 0.3 is 5.97 Å². The Labute approximate surface area is 102 Å². The smallest absolute Gasteiger partial charge is 0.325 e. The van der Waals surface area contributed by atoms with Gasteiger partial charge in [-0.05, 0) is 38.4 Å². The van der Waals surface area contributed by atoms with Crippen LogP contribution in [0.3, 0.4) is 0 Å². The van der Waals surface area contributed by atoms with Gasteiger partial charge < -0.3 is 5.11 Å². The number of carboxylic acids is 1. The molecular formula is C14H19NO2. The number of rotatable bonds is 3. The van der Waals surface area contributed by atoms with Crippen LogP contribution in [0.15, 0.2) is 24.3 Å². The van der Waals surface area contributed by atoms with E-state index in [1.54, 1.807) is 0 Å². The first kappa shape index (κ1) is 12.1. The third-order valence-corrected chi connectivity index (χ3v) is 3.38. The van der Waals surface area contributed by atoms with Gasteiger partial charge in [0, 0.05) is 0 Å². The van der Waals surface area contributed by atoms with Gasteiger partial charge in [-0.2, -0.15) is 0 Å². The number of hydrogen-bond acceptors (Lipinski definition) is 2. The van der Waals surface area contributed by atoms with Crippen LogP contribution in [0.1, 0.15) is 36.4 Å². The molecule has 1 fully saturated rings. The Morgan fingerprint density at radius 2 is 1.76 bits per heavy atom. The number of piperidine rings is 1. The normalized spacial score (nSPS) is 18.9. The van der Waals surface area contributed by atoms with Crippen LogP contribution >= 0.6 is 0 Å². The van der Waals surface area contributed by atoms with Crippen LogP contribution < -0.4 is 0 Å². The highest BCUT2D eigenvalue weighted by Gasteiger charge is 2.28. The van der Waals surface area contributed by atoms with Crippen molar-refractivity contribution in [3.05, 3.63) is 35.4 Å². The highest BCUT2D eigenvalue weighted by atomic mass is 16.4. The molecule has 1 N–H and O–H groups in total.